The molecule has 0 bridgehead atoms. The van der Waals surface area contributed by atoms with Crippen molar-refractivity contribution in [3.05, 3.63) is 81.7 Å². The van der Waals surface area contributed by atoms with Gasteiger partial charge in [-0.1, -0.05) is 48.5 Å². The fourth-order valence-electron chi connectivity index (χ4n) is 2.88. The molecule has 0 unspecified atom stereocenters. The molecule has 0 atom stereocenters. The molecule has 2 aromatic carbocycles. The number of rotatable bonds is 2. The van der Waals surface area contributed by atoms with Gasteiger partial charge in [-0.15, -0.1) is 0 Å². The summed E-state index contributed by atoms with van der Waals surface area (Å²) in [4.78, 5) is 26.1. The highest BCUT2D eigenvalue weighted by Crippen LogP contribution is 2.28. The molecule has 0 saturated heterocycles. The number of carbonyl (C=O) groups is 1. The highest BCUT2D eigenvalue weighted by molar-refractivity contribution is 6.26. The number of amidine groups is 1. The number of carbonyl (C=O) groups excluding carboxylic acids is 1. The Labute approximate surface area is 131 Å². The molecule has 3 aromatic rings. The first kappa shape index (κ1) is 13.5. The number of hydrogen-bond acceptors (Lipinski definition) is 4. The second-order valence-corrected chi connectivity index (χ2v) is 5.36. The summed E-state index contributed by atoms with van der Waals surface area (Å²) in [5.41, 5.74) is 0.897. The van der Waals surface area contributed by atoms with E-state index in [1.807, 2.05) is 30.3 Å². The molecule has 5 heteroatoms. The second kappa shape index (κ2) is 4.91. The maximum atomic E-state index is 12.6. The molecule has 0 saturated carbocycles. The third kappa shape index (κ3) is 1.97. The van der Waals surface area contributed by atoms with Gasteiger partial charge < -0.3 is 4.42 Å². The lowest BCUT2D eigenvalue weighted by molar-refractivity contribution is 0.0849. The van der Waals surface area contributed by atoms with E-state index in [0.717, 1.165) is 5.56 Å². The van der Waals surface area contributed by atoms with Gasteiger partial charge in [0.1, 0.15) is 17.0 Å². The van der Waals surface area contributed by atoms with Crippen LogP contribution in [0, 0.1) is 5.41 Å². The van der Waals surface area contributed by atoms with Crippen LogP contribution in [0.3, 0.4) is 0 Å². The number of para-hydroxylation sites is 1. The van der Waals surface area contributed by atoms with Gasteiger partial charge in [0.2, 0.25) is 0 Å². The van der Waals surface area contributed by atoms with Crippen LogP contribution in [0.15, 0.2) is 63.8 Å². The topological polar surface area (TPSA) is 74.4 Å². The molecule has 1 aliphatic heterocycles. The fourth-order valence-corrected chi connectivity index (χ4v) is 2.88. The summed E-state index contributed by atoms with van der Waals surface area (Å²) in [5, 5.41) is 8.98. The Morgan fingerprint density at radius 3 is 2.39 bits per heavy atom. The number of nitrogens with one attached hydrogen (secondary N) is 1. The van der Waals surface area contributed by atoms with Crippen molar-refractivity contribution in [3.8, 4) is 0 Å². The normalized spacial score (nSPS) is 13.7. The van der Waals surface area contributed by atoms with Crippen LogP contribution in [0.2, 0.25) is 0 Å². The van der Waals surface area contributed by atoms with Gasteiger partial charge in [0.05, 0.1) is 6.54 Å². The first-order valence-electron chi connectivity index (χ1n) is 7.17. The summed E-state index contributed by atoms with van der Waals surface area (Å²) in [6.45, 7) is 0.251. The Morgan fingerprint density at radius 1 is 0.913 bits per heavy atom. The molecular weight excluding hydrogens is 292 g/mol. The van der Waals surface area contributed by atoms with E-state index in [-0.39, 0.29) is 17.9 Å². The zero-order valence-electron chi connectivity index (χ0n) is 12.1. The van der Waals surface area contributed by atoms with E-state index in [1.165, 1.54) is 4.90 Å². The van der Waals surface area contributed by atoms with E-state index < -0.39 is 11.5 Å². The maximum Gasteiger partial charge on any atom is 0.349 e. The van der Waals surface area contributed by atoms with Crippen molar-refractivity contribution >= 4 is 22.7 Å². The Morgan fingerprint density at radius 2 is 1.61 bits per heavy atom. The van der Waals surface area contributed by atoms with Crippen molar-refractivity contribution in [1.29, 1.82) is 5.41 Å². The number of hydrogen-bond donors (Lipinski definition) is 1. The summed E-state index contributed by atoms with van der Waals surface area (Å²) in [6.07, 6.45) is 0. The maximum absolute atomic E-state index is 12.6. The molecule has 5 nitrogen and oxygen atoms in total. The van der Waals surface area contributed by atoms with Gasteiger partial charge in [-0.2, -0.15) is 0 Å². The molecule has 1 amide bonds. The van der Waals surface area contributed by atoms with Gasteiger partial charge in [0.15, 0.2) is 0 Å². The highest BCUT2D eigenvalue weighted by Gasteiger charge is 2.37. The molecule has 0 spiro atoms. The largest absolute Gasteiger partial charge is 0.422 e. The van der Waals surface area contributed by atoms with Gasteiger partial charge in [0, 0.05) is 10.9 Å². The van der Waals surface area contributed by atoms with E-state index in [0.29, 0.717) is 16.5 Å². The van der Waals surface area contributed by atoms with E-state index in [2.05, 4.69) is 0 Å². The molecule has 4 rings (SSSR count). The first-order chi connectivity index (χ1) is 11.2. The quantitative estimate of drug-likeness (QED) is 0.740. The molecule has 1 aliphatic rings. The molecule has 1 aromatic heterocycles. The van der Waals surface area contributed by atoms with Gasteiger partial charge in [-0.05, 0) is 11.6 Å². The van der Waals surface area contributed by atoms with E-state index >= 15 is 0 Å². The zero-order chi connectivity index (χ0) is 16.0. The molecule has 2 heterocycles. The predicted octanol–water partition coefficient (Wildman–Crippen LogP) is 2.77. The predicted molar refractivity (Wildman–Crippen MR) is 85.6 cm³/mol. The van der Waals surface area contributed by atoms with Crippen LogP contribution >= 0.6 is 0 Å². The number of amides is 1. The molecule has 0 fully saturated rings. The lowest BCUT2D eigenvalue weighted by Crippen LogP contribution is -2.30. The minimum absolute atomic E-state index is 0.0398. The average molecular weight is 304 g/mol. The lowest BCUT2D eigenvalue weighted by atomic mass is 10.1. The van der Waals surface area contributed by atoms with Crippen LogP contribution in [0.5, 0.6) is 0 Å². The van der Waals surface area contributed by atoms with Gasteiger partial charge >= 0.3 is 5.63 Å². The second-order valence-electron chi connectivity index (χ2n) is 5.36. The Bertz CT molecular complexity index is 1010. The van der Waals surface area contributed by atoms with E-state index in [4.69, 9.17) is 9.83 Å². The molecule has 0 aliphatic carbocycles. The molecule has 0 radical (unpaired) electrons. The van der Waals surface area contributed by atoms with Crippen molar-refractivity contribution in [2.45, 2.75) is 6.54 Å². The number of nitrogens with zero attached hydrogens (tertiary/aromatic N) is 1. The smallest absolute Gasteiger partial charge is 0.349 e. The van der Waals surface area contributed by atoms with E-state index in [1.54, 1.807) is 24.3 Å². The van der Waals surface area contributed by atoms with E-state index in [9.17, 15) is 9.59 Å². The Hall–Kier alpha value is -3.21. The zero-order valence-corrected chi connectivity index (χ0v) is 12.1. The highest BCUT2D eigenvalue weighted by atomic mass is 16.4. The van der Waals surface area contributed by atoms with Gasteiger partial charge in [-0.25, -0.2) is 4.79 Å². The van der Waals surface area contributed by atoms with Crippen LogP contribution in [0.25, 0.3) is 11.0 Å². The molecule has 1 N–H and O–H groups in total. The lowest BCUT2D eigenvalue weighted by Gasteiger charge is -2.15. The molecule has 112 valence electrons. The summed E-state index contributed by atoms with van der Waals surface area (Å²) in [6, 6.07) is 16.3. The van der Waals surface area contributed by atoms with Crippen LogP contribution < -0.4 is 5.63 Å². The number of benzene rings is 2. The van der Waals surface area contributed by atoms with Crippen molar-refractivity contribution < 1.29 is 9.21 Å². The summed E-state index contributed by atoms with van der Waals surface area (Å²) < 4.78 is 5.22. The monoisotopic (exact) mass is 304 g/mol. The van der Waals surface area contributed by atoms with Crippen molar-refractivity contribution in [2.24, 2.45) is 0 Å². The van der Waals surface area contributed by atoms with Crippen molar-refractivity contribution in [1.82, 2.24) is 4.90 Å². The SMILES string of the molecule is N=C1c2c(c(=O)oc3ccccc23)C(=O)N1Cc1ccccc1. The summed E-state index contributed by atoms with van der Waals surface area (Å²) in [7, 11) is 0. The fraction of sp³-hybridized carbons (Fsp3) is 0.0556. The van der Waals surface area contributed by atoms with Crippen LogP contribution in [0.1, 0.15) is 21.5 Å². The van der Waals surface area contributed by atoms with Gasteiger partial charge in [-0.3, -0.25) is 15.1 Å². The van der Waals surface area contributed by atoms with Gasteiger partial charge in [0.25, 0.3) is 5.91 Å². The minimum Gasteiger partial charge on any atom is -0.422 e. The third-order valence-corrected chi connectivity index (χ3v) is 3.96. The van der Waals surface area contributed by atoms with Crippen molar-refractivity contribution in [2.75, 3.05) is 0 Å². The summed E-state index contributed by atoms with van der Waals surface area (Å²) >= 11 is 0. The average Bonchev–Trinajstić information content (AvgIpc) is 2.82. The standard InChI is InChI=1S/C18H12N2O3/c19-16-14-12-8-4-5-9-13(12)23-18(22)15(14)17(21)20(16)10-11-6-2-1-3-7-11/h1-9,19H,10H2. The third-order valence-electron chi connectivity index (χ3n) is 3.96. The number of fused-ring (bicyclic) bond motifs is 3. The summed E-state index contributed by atoms with van der Waals surface area (Å²) in [5.74, 6) is -0.439. The Balaban J connectivity index is 1.88. The van der Waals surface area contributed by atoms with Crippen LogP contribution in [-0.4, -0.2) is 16.6 Å². The minimum atomic E-state index is -0.691. The Kier molecular flexibility index (Phi) is 2.87. The molecular formula is C18H12N2O3. The first-order valence-corrected chi connectivity index (χ1v) is 7.17. The van der Waals surface area contributed by atoms with Crippen LogP contribution in [0.4, 0.5) is 0 Å². The van der Waals surface area contributed by atoms with Crippen LogP contribution in [-0.2, 0) is 6.54 Å². The molecule has 23 heavy (non-hydrogen) atoms. The van der Waals surface area contributed by atoms with Crippen molar-refractivity contribution in [3.63, 3.8) is 0 Å².